The Morgan fingerprint density at radius 2 is 2.17 bits per heavy atom. The topological polar surface area (TPSA) is 55.3 Å². The molecule has 4 heteroatoms. The van der Waals surface area contributed by atoms with Crippen molar-refractivity contribution in [2.45, 2.75) is 26.6 Å². The highest BCUT2D eigenvalue weighted by atomic mass is 16.3. The Morgan fingerprint density at radius 3 is 2.83 bits per heavy atom. The molecule has 0 spiro atoms. The van der Waals surface area contributed by atoms with Crippen LogP contribution in [0.4, 0.5) is 0 Å². The van der Waals surface area contributed by atoms with Crippen LogP contribution in [0.5, 0.6) is 0 Å². The molecule has 0 saturated heterocycles. The van der Waals surface area contributed by atoms with E-state index in [2.05, 4.69) is 23.0 Å². The van der Waals surface area contributed by atoms with Crippen LogP contribution in [0.1, 0.15) is 22.6 Å². The average molecular weight is 245 g/mol. The Morgan fingerprint density at radius 1 is 1.33 bits per heavy atom. The highest BCUT2D eigenvalue weighted by Crippen LogP contribution is 2.13. The average Bonchev–Trinajstić information content (AvgIpc) is 2.75. The Labute approximate surface area is 107 Å². The summed E-state index contributed by atoms with van der Waals surface area (Å²) >= 11 is 0. The highest BCUT2D eigenvalue weighted by Gasteiger charge is 2.06. The SMILES string of the molecule is Cc1occc1CN(C)Cc1ccnc(CN)c1. The highest BCUT2D eigenvalue weighted by molar-refractivity contribution is 5.18. The zero-order valence-electron chi connectivity index (χ0n) is 10.9. The van der Waals surface area contributed by atoms with Crippen molar-refractivity contribution in [3.63, 3.8) is 0 Å². The quantitative estimate of drug-likeness (QED) is 0.876. The number of hydrogen-bond acceptors (Lipinski definition) is 4. The van der Waals surface area contributed by atoms with Crippen LogP contribution in [0, 0.1) is 6.92 Å². The smallest absolute Gasteiger partial charge is 0.105 e. The van der Waals surface area contributed by atoms with E-state index in [4.69, 9.17) is 10.2 Å². The van der Waals surface area contributed by atoms with Gasteiger partial charge in [0, 0.05) is 31.4 Å². The van der Waals surface area contributed by atoms with Gasteiger partial charge in [0.15, 0.2) is 0 Å². The number of aryl methyl sites for hydroxylation is 1. The van der Waals surface area contributed by atoms with Crippen molar-refractivity contribution in [2.75, 3.05) is 7.05 Å². The van der Waals surface area contributed by atoms with E-state index in [1.807, 2.05) is 25.3 Å². The first-order chi connectivity index (χ1) is 8.69. The molecular weight excluding hydrogens is 226 g/mol. The Balaban J connectivity index is 1.98. The van der Waals surface area contributed by atoms with E-state index in [9.17, 15) is 0 Å². The third-order valence-electron chi connectivity index (χ3n) is 2.95. The molecule has 0 amide bonds. The fourth-order valence-electron chi connectivity index (χ4n) is 1.97. The molecular formula is C14H19N3O. The van der Waals surface area contributed by atoms with E-state index in [-0.39, 0.29) is 0 Å². The van der Waals surface area contributed by atoms with Crippen molar-refractivity contribution >= 4 is 0 Å². The van der Waals surface area contributed by atoms with Gasteiger partial charge < -0.3 is 10.2 Å². The number of nitrogens with two attached hydrogens (primary N) is 1. The standard InChI is InChI=1S/C14H19N3O/c1-11-13(4-6-18-11)10-17(2)9-12-3-5-16-14(7-12)8-15/h3-7H,8-10,15H2,1-2H3. The van der Waals surface area contributed by atoms with Gasteiger partial charge in [0.2, 0.25) is 0 Å². The molecule has 0 aliphatic carbocycles. The van der Waals surface area contributed by atoms with Crippen LogP contribution in [0.25, 0.3) is 0 Å². The molecule has 2 N–H and O–H groups in total. The second-order valence-corrected chi connectivity index (χ2v) is 4.53. The van der Waals surface area contributed by atoms with Crippen LogP contribution < -0.4 is 5.73 Å². The maximum atomic E-state index is 5.59. The molecule has 2 aromatic heterocycles. The summed E-state index contributed by atoms with van der Waals surface area (Å²) < 4.78 is 5.30. The van der Waals surface area contributed by atoms with Crippen molar-refractivity contribution in [2.24, 2.45) is 5.73 Å². The van der Waals surface area contributed by atoms with Crippen molar-refractivity contribution in [3.8, 4) is 0 Å². The third kappa shape index (κ3) is 3.18. The maximum Gasteiger partial charge on any atom is 0.105 e. The normalized spacial score (nSPS) is 11.1. The molecule has 0 saturated carbocycles. The van der Waals surface area contributed by atoms with Crippen LogP contribution in [0.2, 0.25) is 0 Å². The van der Waals surface area contributed by atoms with Gasteiger partial charge in [-0.25, -0.2) is 0 Å². The summed E-state index contributed by atoms with van der Waals surface area (Å²) in [4.78, 5) is 6.44. The fourth-order valence-corrected chi connectivity index (χ4v) is 1.97. The van der Waals surface area contributed by atoms with Gasteiger partial charge >= 0.3 is 0 Å². The summed E-state index contributed by atoms with van der Waals surface area (Å²) in [7, 11) is 2.09. The zero-order chi connectivity index (χ0) is 13.0. The van der Waals surface area contributed by atoms with Crippen LogP contribution in [-0.4, -0.2) is 16.9 Å². The van der Waals surface area contributed by atoms with E-state index in [1.165, 1.54) is 11.1 Å². The molecule has 0 fully saturated rings. The molecule has 0 aliphatic rings. The third-order valence-corrected chi connectivity index (χ3v) is 2.95. The van der Waals surface area contributed by atoms with Crippen LogP contribution in [0.15, 0.2) is 35.1 Å². The molecule has 18 heavy (non-hydrogen) atoms. The van der Waals surface area contributed by atoms with E-state index < -0.39 is 0 Å². The van der Waals surface area contributed by atoms with Gasteiger partial charge in [-0.2, -0.15) is 0 Å². The number of pyridine rings is 1. The fraction of sp³-hybridized carbons (Fsp3) is 0.357. The van der Waals surface area contributed by atoms with E-state index in [1.54, 1.807) is 6.26 Å². The van der Waals surface area contributed by atoms with Gasteiger partial charge in [-0.3, -0.25) is 9.88 Å². The summed E-state index contributed by atoms with van der Waals surface area (Å²) in [5, 5.41) is 0. The molecule has 4 nitrogen and oxygen atoms in total. The summed E-state index contributed by atoms with van der Waals surface area (Å²) in [6.45, 7) is 4.23. The second kappa shape index (κ2) is 5.80. The van der Waals surface area contributed by atoms with Crippen molar-refractivity contribution < 1.29 is 4.42 Å². The van der Waals surface area contributed by atoms with Crippen molar-refractivity contribution in [1.82, 2.24) is 9.88 Å². The molecule has 2 heterocycles. The van der Waals surface area contributed by atoms with Crippen molar-refractivity contribution in [3.05, 3.63) is 53.2 Å². The minimum atomic E-state index is 0.485. The van der Waals surface area contributed by atoms with Gasteiger partial charge in [-0.1, -0.05) is 0 Å². The predicted molar refractivity (Wildman–Crippen MR) is 70.7 cm³/mol. The van der Waals surface area contributed by atoms with Gasteiger partial charge in [0.25, 0.3) is 0 Å². The van der Waals surface area contributed by atoms with Crippen molar-refractivity contribution in [1.29, 1.82) is 0 Å². The number of aromatic nitrogens is 1. The van der Waals surface area contributed by atoms with Crippen LogP contribution in [-0.2, 0) is 19.6 Å². The number of nitrogens with zero attached hydrogens (tertiary/aromatic N) is 2. The number of rotatable bonds is 5. The summed E-state index contributed by atoms with van der Waals surface area (Å²) in [6, 6.07) is 6.10. The van der Waals surface area contributed by atoms with Gasteiger partial charge in [0.1, 0.15) is 5.76 Å². The van der Waals surface area contributed by atoms with Gasteiger partial charge in [-0.15, -0.1) is 0 Å². The zero-order valence-corrected chi connectivity index (χ0v) is 10.9. The Hall–Kier alpha value is -1.65. The number of hydrogen-bond donors (Lipinski definition) is 1. The Bertz CT molecular complexity index is 507. The molecule has 0 radical (unpaired) electrons. The largest absolute Gasteiger partial charge is 0.469 e. The molecule has 0 aromatic carbocycles. The molecule has 2 rings (SSSR count). The molecule has 0 bridgehead atoms. The first-order valence-electron chi connectivity index (χ1n) is 6.04. The second-order valence-electron chi connectivity index (χ2n) is 4.53. The maximum absolute atomic E-state index is 5.59. The first kappa shape index (κ1) is 12.8. The Kier molecular flexibility index (Phi) is 4.12. The lowest BCUT2D eigenvalue weighted by atomic mass is 10.2. The minimum Gasteiger partial charge on any atom is -0.469 e. The van der Waals surface area contributed by atoms with E-state index in [0.29, 0.717) is 6.54 Å². The lowest BCUT2D eigenvalue weighted by Crippen LogP contribution is -2.17. The van der Waals surface area contributed by atoms with Crippen LogP contribution >= 0.6 is 0 Å². The molecule has 96 valence electrons. The predicted octanol–water partition coefficient (Wildman–Crippen LogP) is 2.07. The van der Waals surface area contributed by atoms with Gasteiger partial charge in [0.05, 0.1) is 12.0 Å². The summed E-state index contributed by atoms with van der Waals surface area (Å²) in [5.74, 6) is 0.985. The number of furan rings is 1. The molecule has 0 aliphatic heterocycles. The molecule has 2 aromatic rings. The summed E-state index contributed by atoms with van der Waals surface area (Å²) in [6.07, 6.45) is 3.55. The molecule has 0 atom stereocenters. The monoisotopic (exact) mass is 245 g/mol. The van der Waals surface area contributed by atoms with E-state index >= 15 is 0 Å². The lowest BCUT2D eigenvalue weighted by molar-refractivity contribution is 0.316. The molecule has 0 unspecified atom stereocenters. The minimum absolute atomic E-state index is 0.485. The lowest BCUT2D eigenvalue weighted by Gasteiger charge is -2.16. The van der Waals surface area contributed by atoms with Crippen LogP contribution in [0.3, 0.4) is 0 Å². The van der Waals surface area contributed by atoms with E-state index in [0.717, 1.165) is 24.5 Å². The summed E-state index contributed by atoms with van der Waals surface area (Å²) in [5.41, 5.74) is 8.98. The van der Waals surface area contributed by atoms with Gasteiger partial charge in [-0.05, 0) is 37.7 Å². The first-order valence-corrected chi connectivity index (χ1v) is 6.04.